The van der Waals surface area contributed by atoms with E-state index in [1.54, 1.807) is 13.0 Å². The first-order valence-corrected chi connectivity index (χ1v) is 7.67. The molecule has 9 nitrogen and oxygen atoms in total. The molecule has 0 bridgehead atoms. The van der Waals surface area contributed by atoms with Crippen molar-refractivity contribution in [3.05, 3.63) is 11.6 Å². The molecule has 0 aromatic rings. The Morgan fingerprint density at radius 3 is 2.58 bits per heavy atom. The number of rotatable bonds is 6. The zero-order chi connectivity index (χ0) is 17.9. The number of nitrogens with zero attached hydrogens (tertiary/aromatic N) is 2. The summed E-state index contributed by atoms with van der Waals surface area (Å²) in [6.07, 6.45) is 0.991. The van der Waals surface area contributed by atoms with Gasteiger partial charge in [0, 0.05) is 32.7 Å². The van der Waals surface area contributed by atoms with Gasteiger partial charge in [0.25, 0.3) is 11.8 Å². The molecule has 2 aliphatic rings. The maximum Gasteiger partial charge on any atom is 0.343 e. The minimum atomic E-state index is -1.12. The molecule has 132 valence electrons. The Balaban J connectivity index is 1.63. The van der Waals surface area contributed by atoms with Crippen LogP contribution in [0.3, 0.4) is 0 Å². The number of aliphatic hydroxyl groups excluding tert-OH is 1. The van der Waals surface area contributed by atoms with Gasteiger partial charge in [0.05, 0.1) is 5.92 Å². The molecule has 1 fully saturated rings. The largest absolute Gasteiger partial charge is 0.370 e. The molecule has 24 heavy (non-hydrogen) atoms. The minimum Gasteiger partial charge on any atom is -0.370 e. The van der Waals surface area contributed by atoms with E-state index in [1.165, 1.54) is 7.05 Å². The average molecular weight is 340 g/mol. The number of carbonyl (C=O) groups is 4. The van der Waals surface area contributed by atoms with Gasteiger partial charge in [0.1, 0.15) is 0 Å². The lowest BCUT2D eigenvalue weighted by Gasteiger charge is -2.19. The lowest BCUT2D eigenvalue weighted by molar-refractivity contribution is -0.220. The highest BCUT2D eigenvalue weighted by Crippen LogP contribution is 2.29. The van der Waals surface area contributed by atoms with Crippen LogP contribution in [0.2, 0.25) is 0 Å². The molecule has 1 N–H and O–H groups in total. The van der Waals surface area contributed by atoms with Crippen LogP contribution in [0, 0.1) is 5.92 Å². The Kier molecular flexibility index (Phi) is 5.55. The van der Waals surface area contributed by atoms with Crippen molar-refractivity contribution >= 4 is 23.8 Å². The molecular weight excluding hydrogens is 320 g/mol. The molecule has 1 aliphatic heterocycles. The maximum atomic E-state index is 11.8. The van der Waals surface area contributed by atoms with E-state index in [4.69, 9.17) is 9.68 Å². The van der Waals surface area contributed by atoms with Crippen molar-refractivity contribution in [1.82, 2.24) is 10.1 Å². The molecule has 1 aliphatic carbocycles. The number of aliphatic hydroxyl groups is 1. The summed E-state index contributed by atoms with van der Waals surface area (Å²) in [4.78, 5) is 56.0. The molecule has 0 radical (unpaired) electrons. The van der Waals surface area contributed by atoms with Crippen LogP contribution in [0.15, 0.2) is 11.6 Å². The van der Waals surface area contributed by atoms with Gasteiger partial charge in [-0.15, -0.1) is 5.06 Å². The van der Waals surface area contributed by atoms with Gasteiger partial charge in [-0.25, -0.2) is 9.59 Å². The first-order chi connectivity index (χ1) is 11.3. The first-order valence-electron chi connectivity index (χ1n) is 7.67. The fraction of sp³-hybridized carbons (Fsp3) is 0.600. The second-order valence-electron chi connectivity index (χ2n) is 5.75. The maximum absolute atomic E-state index is 11.8. The topological polar surface area (TPSA) is 113 Å². The zero-order valence-corrected chi connectivity index (χ0v) is 13.6. The van der Waals surface area contributed by atoms with Gasteiger partial charge >= 0.3 is 11.9 Å². The van der Waals surface area contributed by atoms with Gasteiger partial charge in [-0.05, 0) is 13.3 Å². The molecule has 1 heterocycles. The van der Waals surface area contributed by atoms with Crippen molar-refractivity contribution in [1.29, 1.82) is 0 Å². The summed E-state index contributed by atoms with van der Waals surface area (Å²) < 4.78 is 0. The number of carbonyl (C=O) groups excluding carboxylic acids is 4. The number of hydrogen-bond donors (Lipinski definition) is 1. The second-order valence-corrected chi connectivity index (χ2v) is 5.75. The number of hydrogen-bond acceptors (Lipinski definition) is 7. The monoisotopic (exact) mass is 340 g/mol. The Bertz CT molecular complexity index is 586. The zero-order valence-electron chi connectivity index (χ0n) is 13.6. The second kappa shape index (κ2) is 7.43. The third-order valence-electron chi connectivity index (χ3n) is 3.75. The van der Waals surface area contributed by atoms with Gasteiger partial charge in [-0.2, -0.15) is 5.06 Å². The third-order valence-corrected chi connectivity index (χ3v) is 3.75. The SMILES string of the molecule is CC1=CC1C(=O)ON(C)C(=O)CCCC(=O)ON1C(=O)CCC1O. The van der Waals surface area contributed by atoms with E-state index in [0.29, 0.717) is 5.06 Å². The molecule has 2 rings (SSSR count). The van der Waals surface area contributed by atoms with Crippen LogP contribution in [-0.2, 0) is 28.9 Å². The fourth-order valence-corrected chi connectivity index (χ4v) is 2.17. The molecule has 0 spiro atoms. The minimum absolute atomic E-state index is 0.0214. The van der Waals surface area contributed by atoms with Crippen LogP contribution in [0.1, 0.15) is 39.0 Å². The van der Waals surface area contributed by atoms with Crippen molar-refractivity contribution in [3.8, 4) is 0 Å². The third kappa shape index (κ3) is 4.54. The van der Waals surface area contributed by atoms with E-state index in [1.807, 2.05) is 0 Å². The Morgan fingerprint density at radius 2 is 2.04 bits per heavy atom. The van der Waals surface area contributed by atoms with Crippen LogP contribution in [0.4, 0.5) is 0 Å². The highest BCUT2D eigenvalue weighted by atomic mass is 16.7. The van der Waals surface area contributed by atoms with Crippen molar-refractivity contribution in [3.63, 3.8) is 0 Å². The van der Waals surface area contributed by atoms with Gasteiger partial charge in [-0.1, -0.05) is 11.6 Å². The molecule has 9 heteroatoms. The predicted octanol–water partition coefficient (Wildman–Crippen LogP) is 0.0484. The molecular formula is C15H20N2O7. The number of hydroxylamine groups is 4. The summed E-state index contributed by atoms with van der Waals surface area (Å²) in [5, 5.41) is 11.0. The molecule has 1 saturated heterocycles. The summed E-state index contributed by atoms with van der Waals surface area (Å²) in [6, 6.07) is 0. The summed E-state index contributed by atoms with van der Waals surface area (Å²) in [5.41, 5.74) is 0.905. The summed E-state index contributed by atoms with van der Waals surface area (Å²) in [6.45, 7) is 1.79. The van der Waals surface area contributed by atoms with Crippen molar-refractivity contribution in [2.75, 3.05) is 7.05 Å². The number of amides is 2. The molecule has 2 unspecified atom stereocenters. The lowest BCUT2D eigenvalue weighted by Crippen LogP contribution is -2.35. The van der Waals surface area contributed by atoms with Gasteiger partial charge < -0.3 is 14.8 Å². The fourth-order valence-electron chi connectivity index (χ4n) is 2.17. The van der Waals surface area contributed by atoms with Crippen LogP contribution in [-0.4, -0.2) is 52.3 Å². The van der Waals surface area contributed by atoms with Crippen LogP contribution < -0.4 is 0 Å². The highest BCUT2D eigenvalue weighted by molar-refractivity contribution is 5.85. The summed E-state index contributed by atoms with van der Waals surface area (Å²) in [7, 11) is 1.33. The lowest BCUT2D eigenvalue weighted by atomic mass is 10.2. The Morgan fingerprint density at radius 1 is 1.38 bits per heavy atom. The van der Waals surface area contributed by atoms with Crippen LogP contribution >= 0.6 is 0 Å². The first kappa shape index (κ1) is 17.9. The van der Waals surface area contributed by atoms with E-state index in [0.717, 1.165) is 10.6 Å². The normalized spacial score (nSPS) is 22.0. The van der Waals surface area contributed by atoms with E-state index in [9.17, 15) is 24.3 Å². The smallest absolute Gasteiger partial charge is 0.343 e. The molecule has 0 aromatic heterocycles. The van der Waals surface area contributed by atoms with Crippen LogP contribution in [0.25, 0.3) is 0 Å². The van der Waals surface area contributed by atoms with E-state index >= 15 is 0 Å². The van der Waals surface area contributed by atoms with Crippen molar-refractivity contribution in [2.24, 2.45) is 5.92 Å². The van der Waals surface area contributed by atoms with E-state index in [2.05, 4.69) is 0 Å². The van der Waals surface area contributed by atoms with Crippen molar-refractivity contribution < 1.29 is 34.0 Å². The Hall–Kier alpha value is -2.42. The van der Waals surface area contributed by atoms with E-state index in [-0.39, 0.29) is 38.0 Å². The van der Waals surface area contributed by atoms with Gasteiger partial charge in [-0.3, -0.25) is 9.59 Å². The van der Waals surface area contributed by atoms with Crippen LogP contribution in [0.5, 0.6) is 0 Å². The van der Waals surface area contributed by atoms with Crippen molar-refractivity contribution in [2.45, 2.75) is 45.3 Å². The summed E-state index contributed by atoms with van der Waals surface area (Å²) >= 11 is 0. The standard InChI is InChI=1S/C15H20N2O7/c1-9-8-10(9)15(22)24-16(2)11(18)4-3-5-14(21)23-17-12(19)6-7-13(17)20/h8,10,12,19H,3-7H2,1-2H3. The quantitative estimate of drug-likeness (QED) is 0.537. The molecule has 0 aromatic carbocycles. The molecule has 2 amide bonds. The van der Waals surface area contributed by atoms with Gasteiger partial charge in [0.15, 0.2) is 6.23 Å². The summed E-state index contributed by atoms with van der Waals surface area (Å²) in [5.74, 6) is -2.48. The predicted molar refractivity (Wildman–Crippen MR) is 78.1 cm³/mol. The highest BCUT2D eigenvalue weighted by Gasteiger charge is 2.33. The van der Waals surface area contributed by atoms with Gasteiger partial charge in [0.2, 0.25) is 0 Å². The average Bonchev–Trinajstić information content (AvgIpc) is 3.18. The molecule has 2 atom stereocenters. The molecule has 0 saturated carbocycles. The Labute approximate surface area is 138 Å². The van der Waals surface area contributed by atoms with E-state index < -0.39 is 30.0 Å².